The van der Waals surface area contributed by atoms with Crippen LogP contribution < -0.4 is 0 Å². The predicted octanol–water partition coefficient (Wildman–Crippen LogP) is 7.13. The minimum Gasteiger partial charge on any atom is -0.308 e. The van der Waals surface area contributed by atoms with Crippen LogP contribution in [-0.4, -0.2) is 5.78 Å². The first-order chi connectivity index (χ1) is 17.5. The second-order valence-corrected chi connectivity index (χ2v) is 9.59. The van der Waals surface area contributed by atoms with Gasteiger partial charge in [0.25, 0.3) is 0 Å². The van der Waals surface area contributed by atoms with Crippen molar-refractivity contribution in [2.75, 3.05) is 0 Å². The van der Waals surface area contributed by atoms with E-state index in [1.807, 2.05) is 0 Å². The summed E-state index contributed by atoms with van der Waals surface area (Å²) in [4.78, 5) is 15.1. The van der Waals surface area contributed by atoms with Crippen molar-refractivity contribution in [2.45, 2.75) is 11.2 Å². The zero-order valence-corrected chi connectivity index (χ0v) is 22.7. The number of hydrogen-bond donors (Lipinski definition) is 0. The zero-order chi connectivity index (χ0) is 25.6. The largest absolute Gasteiger partial charge is 0.308 e. The van der Waals surface area contributed by atoms with Gasteiger partial charge in [-0.05, 0) is 46.5 Å². The van der Waals surface area contributed by atoms with Crippen molar-refractivity contribution >= 4 is 46.4 Å². The molecule has 0 aromatic heterocycles. The molecule has 4 atom stereocenters. The lowest BCUT2D eigenvalue weighted by Gasteiger charge is -2.41. The minimum atomic E-state index is -1.88. The monoisotopic (exact) mass is 558 g/mol. The molecular formula is C27H22Cl2O5P2. The SMILES string of the molecule is O=[PH2]OC(C(=O)C(O[PH2]=O)(c1ccccc1)c1ccc(Cl)cc1)(c1ccccc1)c1ccc(Cl)cc1. The molecule has 0 N–H and O–H groups in total. The molecule has 4 unspecified atom stereocenters. The predicted molar refractivity (Wildman–Crippen MR) is 145 cm³/mol. The molecule has 9 heteroatoms. The van der Waals surface area contributed by atoms with E-state index in [2.05, 4.69) is 0 Å². The van der Waals surface area contributed by atoms with Gasteiger partial charge in [-0.1, -0.05) is 108 Å². The molecule has 0 saturated carbocycles. The number of ketones is 1. The van der Waals surface area contributed by atoms with Gasteiger partial charge >= 0.3 is 0 Å². The van der Waals surface area contributed by atoms with Gasteiger partial charge in [0.2, 0.25) is 5.78 Å². The van der Waals surface area contributed by atoms with E-state index in [-0.39, 0.29) is 0 Å². The minimum absolute atomic E-state index is 0.394. The summed E-state index contributed by atoms with van der Waals surface area (Å²) in [5, 5.41) is 0.907. The third-order valence-corrected chi connectivity index (χ3v) is 7.35. The van der Waals surface area contributed by atoms with Crippen LogP contribution in [0.2, 0.25) is 10.0 Å². The Kier molecular flexibility index (Phi) is 8.64. The molecule has 0 heterocycles. The van der Waals surface area contributed by atoms with Crippen molar-refractivity contribution in [3.63, 3.8) is 0 Å². The molecule has 0 aliphatic rings. The quantitative estimate of drug-likeness (QED) is 0.194. The van der Waals surface area contributed by atoms with E-state index in [1.165, 1.54) is 0 Å². The Hall–Kier alpha value is -2.49. The van der Waals surface area contributed by atoms with Gasteiger partial charge in [0.1, 0.15) is 0 Å². The Balaban J connectivity index is 2.12. The van der Waals surface area contributed by atoms with Crippen molar-refractivity contribution in [1.29, 1.82) is 0 Å². The van der Waals surface area contributed by atoms with Crippen LogP contribution >= 0.6 is 40.6 Å². The van der Waals surface area contributed by atoms with Crippen LogP contribution in [0.25, 0.3) is 0 Å². The van der Waals surface area contributed by atoms with Gasteiger partial charge in [0.05, 0.1) is 0 Å². The van der Waals surface area contributed by atoms with E-state index in [0.29, 0.717) is 32.3 Å². The maximum absolute atomic E-state index is 15.1. The highest BCUT2D eigenvalue weighted by molar-refractivity contribution is 7.17. The van der Waals surface area contributed by atoms with Gasteiger partial charge in [-0.15, -0.1) is 0 Å². The molecule has 4 aromatic rings. The lowest BCUT2D eigenvalue weighted by Crippen LogP contribution is -2.51. The van der Waals surface area contributed by atoms with E-state index in [9.17, 15) is 9.13 Å². The summed E-state index contributed by atoms with van der Waals surface area (Å²) < 4.78 is 36.4. The highest BCUT2D eigenvalue weighted by atomic mass is 35.5. The van der Waals surface area contributed by atoms with Gasteiger partial charge in [0, 0.05) is 10.0 Å². The summed E-state index contributed by atoms with van der Waals surface area (Å²) in [7, 11) is -3.73. The Morgan fingerprint density at radius 3 is 1.14 bits per heavy atom. The Labute approximate surface area is 221 Å². The molecule has 0 bridgehead atoms. The van der Waals surface area contributed by atoms with Crippen LogP contribution in [0.5, 0.6) is 0 Å². The summed E-state index contributed by atoms with van der Waals surface area (Å²) in [5.41, 5.74) is -2.12. The van der Waals surface area contributed by atoms with Crippen molar-refractivity contribution < 1.29 is 23.0 Å². The Bertz CT molecular complexity index is 1250. The molecule has 0 radical (unpaired) electrons. The zero-order valence-electron chi connectivity index (χ0n) is 18.8. The molecule has 0 fully saturated rings. The molecule has 0 saturated heterocycles. The average Bonchev–Trinajstić information content (AvgIpc) is 2.92. The summed E-state index contributed by atoms with van der Waals surface area (Å²) >= 11 is 12.3. The summed E-state index contributed by atoms with van der Waals surface area (Å²) in [6.45, 7) is 0. The number of Topliss-reactive ketones (excluding diaryl/α,β-unsaturated/α-hetero) is 1. The second-order valence-electron chi connectivity index (χ2n) is 7.87. The van der Waals surface area contributed by atoms with E-state index >= 15 is 4.79 Å². The maximum Gasteiger partial charge on any atom is 0.215 e. The molecule has 0 amide bonds. The van der Waals surface area contributed by atoms with Crippen molar-refractivity contribution in [3.05, 3.63) is 141 Å². The first-order valence-electron chi connectivity index (χ1n) is 10.9. The van der Waals surface area contributed by atoms with Crippen molar-refractivity contribution in [1.82, 2.24) is 0 Å². The van der Waals surface area contributed by atoms with Crippen molar-refractivity contribution in [3.8, 4) is 0 Å². The van der Waals surface area contributed by atoms with Crippen molar-refractivity contribution in [2.24, 2.45) is 0 Å². The summed E-state index contributed by atoms with van der Waals surface area (Å²) in [5.74, 6) is -0.622. The number of carbonyl (C=O) groups excluding carboxylic acids is 1. The van der Waals surface area contributed by atoms with Gasteiger partial charge < -0.3 is 9.05 Å². The number of rotatable bonds is 10. The van der Waals surface area contributed by atoms with Crippen LogP contribution in [0.4, 0.5) is 0 Å². The van der Waals surface area contributed by atoms with Crippen LogP contribution in [0, 0.1) is 0 Å². The molecule has 184 valence electrons. The molecule has 0 spiro atoms. The fraction of sp³-hybridized carbons (Fsp3) is 0.0741. The summed E-state index contributed by atoms with van der Waals surface area (Å²) in [6, 6.07) is 30.5. The molecule has 5 nitrogen and oxygen atoms in total. The average molecular weight is 559 g/mol. The Morgan fingerprint density at radius 2 is 0.833 bits per heavy atom. The van der Waals surface area contributed by atoms with Gasteiger partial charge in [0.15, 0.2) is 28.6 Å². The normalized spacial score (nSPS) is 15.2. The van der Waals surface area contributed by atoms with E-state index in [1.54, 1.807) is 109 Å². The smallest absolute Gasteiger partial charge is 0.215 e. The van der Waals surface area contributed by atoms with Gasteiger partial charge in [-0.25, -0.2) is 0 Å². The number of carbonyl (C=O) groups is 1. The second kappa shape index (κ2) is 11.7. The highest BCUT2D eigenvalue weighted by Crippen LogP contribution is 2.48. The standard InChI is InChI=1S/C27H22Cl2O5P2/c28-23-15-11-21(12-16-23)26(33-35-31,19-7-3-1-4-8-19)25(30)27(34-36-32,20-9-5-2-6-10-20)22-13-17-24(29)18-14-22/h1-18H,35-36H2. The highest BCUT2D eigenvalue weighted by Gasteiger charge is 2.56. The van der Waals surface area contributed by atoms with Crippen LogP contribution in [0.1, 0.15) is 22.3 Å². The molecule has 36 heavy (non-hydrogen) atoms. The first kappa shape index (κ1) is 26.6. The van der Waals surface area contributed by atoms with E-state index < -0.39 is 34.4 Å². The number of hydrogen-bond acceptors (Lipinski definition) is 5. The Morgan fingerprint density at radius 1 is 0.528 bits per heavy atom. The first-order valence-corrected chi connectivity index (χ1v) is 13.5. The number of halogens is 2. The third-order valence-electron chi connectivity index (χ3n) is 5.95. The molecule has 0 aliphatic carbocycles. The maximum atomic E-state index is 15.1. The van der Waals surface area contributed by atoms with Crippen LogP contribution in [0.3, 0.4) is 0 Å². The van der Waals surface area contributed by atoms with Crippen LogP contribution in [0.15, 0.2) is 109 Å². The number of benzene rings is 4. The third kappa shape index (κ3) is 4.88. The van der Waals surface area contributed by atoms with Gasteiger partial charge in [-0.2, -0.15) is 0 Å². The van der Waals surface area contributed by atoms with E-state index in [0.717, 1.165) is 0 Å². The topological polar surface area (TPSA) is 69.7 Å². The molecular weight excluding hydrogens is 537 g/mol. The molecule has 4 aromatic carbocycles. The molecule has 4 rings (SSSR count). The molecule has 0 aliphatic heterocycles. The van der Waals surface area contributed by atoms with Crippen LogP contribution in [-0.2, 0) is 34.2 Å². The fourth-order valence-corrected chi connectivity index (χ4v) is 5.64. The van der Waals surface area contributed by atoms with Gasteiger partial charge in [-0.3, -0.25) is 13.9 Å². The lowest BCUT2D eigenvalue weighted by atomic mass is 9.71. The summed E-state index contributed by atoms with van der Waals surface area (Å²) in [6.07, 6.45) is 0. The van der Waals surface area contributed by atoms with E-state index in [4.69, 9.17) is 32.2 Å². The lowest BCUT2D eigenvalue weighted by molar-refractivity contribution is -0.145. The fourth-order valence-electron chi connectivity index (χ4n) is 4.34.